The Hall–Kier alpha value is -1.90. The first-order chi connectivity index (χ1) is 10.8. The minimum atomic E-state index is -0.177. The number of carbonyl (C=O) groups excluding carboxylic acids is 2. The van der Waals surface area contributed by atoms with E-state index in [1.165, 1.54) is 37.0 Å². The van der Waals surface area contributed by atoms with E-state index in [9.17, 15) is 9.59 Å². The maximum atomic E-state index is 12.7. The number of hydrogen-bond acceptors (Lipinski definition) is 2. The van der Waals surface area contributed by atoms with E-state index in [1.807, 2.05) is 30.4 Å². The Balaban J connectivity index is 1.68. The van der Waals surface area contributed by atoms with Gasteiger partial charge >= 0.3 is 0 Å². The van der Waals surface area contributed by atoms with Crippen LogP contribution in [0.5, 0.6) is 0 Å². The van der Waals surface area contributed by atoms with Gasteiger partial charge in [-0.05, 0) is 24.5 Å². The molecule has 3 rings (SSSR count). The number of hydrogen-bond donors (Lipinski definition) is 0. The average molecular weight is 297 g/mol. The molecular weight excluding hydrogens is 274 g/mol. The summed E-state index contributed by atoms with van der Waals surface area (Å²) in [5.74, 6) is 0.314. The molecule has 1 unspecified atom stereocenters. The number of amides is 2. The van der Waals surface area contributed by atoms with Crippen molar-refractivity contribution in [3.8, 4) is 0 Å². The molecule has 1 fully saturated rings. The van der Waals surface area contributed by atoms with E-state index in [2.05, 4.69) is 0 Å². The summed E-state index contributed by atoms with van der Waals surface area (Å²) < 4.78 is 0. The Bertz CT molecular complexity index is 558. The van der Waals surface area contributed by atoms with Crippen LogP contribution in [0.2, 0.25) is 0 Å². The molecule has 0 saturated heterocycles. The summed E-state index contributed by atoms with van der Waals surface area (Å²) in [5.41, 5.74) is 0.586. The van der Waals surface area contributed by atoms with Gasteiger partial charge in [0.15, 0.2) is 0 Å². The zero-order valence-corrected chi connectivity index (χ0v) is 12.9. The summed E-state index contributed by atoms with van der Waals surface area (Å²) in [5, 5.41) is 0. The molecule has 1 heterocycles. The highest BCUT2D eigenvalue weighted by Gasteiger charge is 2.31. The molecule has 1 aromatic carbocycles. The average Bonchev–Trinajstić information content (AvgIpc) is 2.58. The van der Waals surface area contributed by atoms with Crippen molar-refractivity contribution in [2.45, 2.75) is 38.5 Å². The predicted molar refractivity (Wildman–Crippen MR) is 86.3 cm³/mol. The lowest BCUT2D eigenvalue weighted by Gasteiger charge is -2.30. The van der Waals surface area contributed by atoms with Crippen LogP contribution < -0.4 is 0 Å². The molecule has 1 atom stereocenters. The van der Waals surface area contributed by atoms with Crippen molar-refractivity contribution in [3.63, 3.8) is 0 Å². The van der Waals surface area contributed by atoms with Gasteiger partial charge in [-0.25, -0.2) is 0 Å². The maximum absolute atomic E-state index is 12.7. The first kappa shape index (κ1) is 15.0. The molecule has 1 aliphatic heterocycles. The van der Waals surface area contributed by atoms with E-state index < -0.39 is 0 Å². The second-order valence-corrected chi connectivity index (χ2v) is 6.39. The van der Waals surface area contributed by atoms with Gasteiger partial charge in [-0.2, -0.15) is 0 Å². The normalized spacial score (nSPS) is 22.8. The Morgan fingerprint density at radius 2 is 1.82 bits per heavy atom. The predicted octanol–water partition coefficient (Wildman–Crippen LogP) is 3.81. The van der Waals surface area contributed by atoms with Crippen LogP contribution in [0, 0.1) is 11.8 Å². The molecule has 116 valence electrons. The third-order valence-electron chi connectivity index (χ3n) is 4.82. The standard InChI is InChI=1S/C19H23NO2/c21-18(16-10-5-2-6-11-16)20-13-7-12-17(19(20)22)14-15-8-3-1-4-9-15/h2,5-7,10-12,15,17H,1,3-4,8-9,13-14H2. The summed E-state index contributed by atoms with van der Waals surface area (Å²) >= 11 is 0. The van der Waals surface area contributed by atoms with Crippen LogP contribution >= 0.6 is 0 Å². The molecule has 1 aliphatic carbocycles. The zero-order valence-electron chi connectivity index (χ0n) is 12.9. The van der Waals surface area contributed by atoms with Gasteiger partial charge in [-0.1, -0.05) is 62.5 Å². The van der Waals surface area contributed by atoms with E-state index in [1.54, 1.807) is 12.1 Å². The highest BCUT2D eigenvalue weighted by molar-refractivity contribution is 6.06. The van der Waals surface area contributed by atoms with E-state index in [4.69, 9.17) is 0 Å². The molecule has 1 aromatic rings. The van der Waals surface area contributed by atoms with Gasteiger partial charge < -0.3 is 0 Å². The molecule has 3 nitrogen and oxygen atoms in total. The summed E-state index contributed by atoms with van der Waals surface area (Å²) in [7, 11) is 0. The summed E-state index contributed by atoms with van der Waals surface area (Å²) in [4.78, 5) is 26.6. The van der Waals surface area contributed by atoms with Crippen LogP contribution in [0.4, 0.5) is 0 Å². The largest absolute Gasteiger partial charge is 0.274 e. The minimum Gasteiger partial charge on any atom is -0.274 e. The molecule has 2 amide bonds. The molecule has 1 saturated carbocycles. The van der Waals surface area contributed by atoms with Crippen LogP contribution in [0.25, 0.3) is 0 Å². The van der Waals surface area contributed by atoms with E-state index in [0.717, 1.165) is 6.42 Å². The zero-order chi connectivity index (χ0) is 15.4. The van der Waals surface area contributed by atoms with Gasteiger partial charge in [0, 0.05) is 12.1 Å². The van der Waals surface area contributed by atoms with Crippen LogP contribution in [0.15, 0.2) is 42.5 Å². The van der Waals surface area contributed by atoms with Crippen molar-refractivity contribution in [2.24, 2.45) is 11.8 Å². The third-order valence-corrected chi connectivity index (χ3v) is 4.82. The van der Waals surface area contributed by atoms with Crippen molar-refractivity contribution in [1.29, 1.82) is 0 Å². The molecule has 2 aliphatic rings. The van der Waals surface area contributed by atoms with Crippen molar-refractivity contribution in [1.82, 2.24) is 4.90 Å². The maximum Gasteiger partial charge on any atom is 0.260 e. The van der Waals surface area contributed by atoms with E-state index in [0.29, 0.717) is 18.0 Å². The molecule has 0 aromatic heterocycles. The summed E-state index contributed by atoms with van der Waals surface area (Å²) in [6.07, 6.45) is 11.2. The molecule has 3 heteroatoms. The first-order valence-corrected chi connectivity index (χ1v) is 8.33. The fraction of sp³-hybridized carbons (Fsp3) is 0.474. The number of nitrogens with zero attached hydrogens (tertiary/aromatic N) is 1. The fourth-order valence-corrected chi connectivity index (χ4v) is 3.58. The lowest BCUT2D eigenvalue weighted by molar-refractivity contribution is -0.132. The minimum absolute atomic E-state index is 0.0260. The fourth-order valence-electron chi connectivity index (χ4n) is 3.58. The molecule has 0 bridgehead atoms. The molecule has 22 heavy (non-hydrogen) atoms. The van der Waals surface area contributed by atoms with Gasteiger partial charge in [0.05, 0.1) is 5.92 Å². The van der Waals surface area contributed by atoms with Crippen molar-refractivity contribution in [2.75, 3.05) is 6.54 Å². The Kier molecular flexibility index (Phi) is 4.71. The van der Waals surface area contributed by atoms with Gasteiger partial charge in [-0.15, -0.1) is 0 Å². The van der Waals surface area contributed by atoms with Crippen molar-refractivity contribution in [3.05, 3.63) is 48.0 Å². The summed E-state index contributed by atoms with van der Waals surface area (Å²) in [6.45, 7) is 0.397. The number of benzene rings is 1. The lowest BCUT2D eigenvalue weighted by Crippen LogP contribution is -2.43. The highest BCUT2D eigenvalue weighted by atomic mass is 16.2. The Labute approximate surface area is 132 Å². The Morgan fingerprint density at radius 3 is 2.55 bits per heavy atom. The van der Waals surface area contributed by atoms with Crippen molar-refractivity contribution >= 4 is 11.8 Å². The van der Waals surface area contributed by atoms with Crippen LogP contribution in [-0.2, 0) is 4.79 Å². The SMILES string of the molecule is O=C(c1ccccc1)N1CC=CC(CC2CCCCC2)C1=O. The highest BCUT2D eigenvalue weighted by Crippen LogP contribution is 2.31. The van der Waals surface area contributed by atoms with Crippen LogP contribution in [0.1, 0.15) is 48.9 Å². The topological polar surface area (TPSA) is 37.4 Å². The molecular formula is C19H23NO2. The molecule has 0 N–H and O–H groups in total. The van der Waals surface area contributed by atoms with Crippen LogP contribution in [0.3, 0.4) is 0 Å². The summed E-state index contributed by atoms with van der Waals surface area (Å²) in [6, 6.07) is 9.07. The number of rotatable bonds is 3. The van der Waals surface area contributed by atoms with Gasteiger partial charge in [0.25, 0.3) is 5.91 Å². The molecule has 0 spiro atoms. The number of carbonyl (C=O) groups is 2. The smallest absolute Gasteiger partial charge is 0.260 e. The first-order valence-electron chi connectivity index (χ1n) is 8.33. The van der Waals surface area contributed by atoms with E-state index >= 15 is 0 Å². The van der Waals surface area contributed by atoms with Gasteiger partial charge in [-0.3, -0.25) is 14.5 Å². The second kappa shape index (κ2) is 6.91. The lowest BCUT2D eigenvalue weighted by atomic mass is 9.81. The van der Waals surface area contributed by atoms with Crippen molar-refractivity contribution < 1.29 is 9.59 Å². The van der Waals surface area contributed by atoms with Crippen LogP contribution in [-0.4, -0.2) is 23.3 Å². The van der Waals surface area contributed by atoms with Gasteiger partial charge in [0.2, 0.25) is 5.91 Å². The Morgan fingerprint density at radius 1 is 1.09 bits per heavy atom. The van der Waals surface area contributed by atoms with Gasteiger partial charge in [0.1, 0.15) is 0 Å². The van der Waals surface area contributed by atoms with E-state index in [-0.39, 0.29) is 17.7 Å². The second-order valence-electron chi connectivity index (χ2n) is 6.39. The quantitative estimate of drug-likeness (QED) is 0.628. The third kappa shape index (κ3) is 3.29. The monoisotopic (exact) mass is 297 g/mol. The number of imide groups is 1. The molecule has 0 radical (unpaired) electrons.